The third kappa shape index (κ3) is 4.83. The third-order valence-corrected chi connectivity index (χ3v) is 5.32. The molecular formula is C21H20O7S. The molecule has 2 heterocycles. The van der Waals surface area contributed by atoms with E-state index in [1.165, 1.54) is 31.2 Å². The van der Waals surface area contributed by atoms with Crippen LogP contribution in [0.4, 0.5) is 0 Å². The van der Waals surface area contributed by atoms with Crippen molar-refractivity contribution in [3.05, 3.63) is 76.2 Å². The van der Waals surface area contributed by atoms with E-state index >= 15 is 0 Å². The van der Waals surface area contributed by atoms with E-state index < -0.39 is 23.1 Å². The molecule has 3 rings (SSSR count). The number of aromatic hydroxyl groups is 1. The van der Waals surface area contributed by atoms with E-state index in [0.29, 0.717) is 23.0 Å². The van der Waals surface area contributed by atoms with E-state index in [0.717, 1.165) is 4.90 Å². The van der Waals surface area contributed by atoms with Crippen molar-refractivity contribution >= 4 is 17.7 Å². The Labute approximate surface area is 171 Å². The van der Waals surface area contributed by atoms with Gasteiger partial charge >= 0.3 is 5.97 Å². The van der Waals surface area contributed by atoms with Crippen LogP contribution in [0.15, 0.2) is 67.3 Å². The zero-order valence-electron chi connectivity index (χ0n) is 15.9. The molecule has 3 aromatic rings. The van der Waals surface area contributed by atoms with Gasteiger partial charge in [0, 0.05) is 11.0 Å². The normalized spacial score (nSPS) is 11.8. The molecule has 0 aliphatic heterocycles. The highest BCUT2D eigenvalue weighted by Gasteiger charge is 2.28. The molecule has 1 N–H and O–H groups in total. The molecule has 152 valence electrons. The highest BCUT2D eigenvalue weighted by Crippen LogP contribution is 2.36. The first kappa shape index (κ1) is 20.6. The van der Waals surface area contributed by atoms with Gasteiger partial charge in [0.2, 0.25) is 11.2 Å². The lowest BCUT2D eigenvalue weighted by molar-refractivity contribution is -0.141. The van der Waals surface area contributed by atoms with Crippen LogP contribution in [-0.4, -0.2) is 25.3 Å². The molecule has 0 fully saturated rings. The summed E-state index contributed by atoms with van der Waals surface area (Å²) in [6, 6.07) is 12.0. The second kappa shape index (κ2) is 9.38. The van der Waals surface area contributed by atoms with Crippen LogP contribution in [0, 0.1) is 0 Å². The van der Waals surface area contributed by atoms with Crippen LogP contribution < -0.4 is 10.2 Å². The largest absolute Gasteiger partial charge is 0.502 e. The molecule has 1 aromatic carbocycles. The molecular weight excluding hydrogens is 396 g/mol. The van der Waals surface area contributed by atoms with E-state index in [2.05, 4.69) is 0 Å². The zero-order chi connectivity index (χ0) is 20.8. The van der Waals surface area contributed by atoms with Gasteiger partial charge in [0.15, 0.2) is 5.76 Å². The molecule has 0 aliphatic carbocycles. The monoisotopic (exact) mass is 416 g/mol. The van der Waals surface area contributed by atoms with Crippen LogP contribution in [0.25, 0.3) is 0 Å². The minimum Gasteiger partial charge on any atom is -0.502 e. The van der Waals surface area contributed by atoms with Crippen molar-refractivity contribution in [2.75, 3.05) is 14.2 Å². The smallest absolute Gasteiger partial charge is 0.306 e. The molecule has 8 heteroatoms. The number of furan rings is 1. The standard InChI is InChI=1S/C21H20O7S/c1-25-17-6-3-4-8-18(17)29-12-13-10-15(22)20(24)21(28-13)14(11-19(23)26-2)16-7-5-9-27-16/h3-10,14,24H,11-12H2,1-2H3/t14-/m1/s1. The van der Waals surface area contributed by atoms with Crippen molar-refractivity contribution in [2.45, 2.75) is 23.0 Å². The second-order valence-electron chi connectivity index (χ2n) is 6.08. The minimum absolute atomic E-state index is 0.0338. The summed E-state index contributed by atoms with van der Waals surface area (Å²) in [6.45, 7) is 0. The lowest BCUT2D eigenvalue weighted by Gasteiger charge is -2.15. The van der Waals surface area contributed by atoms with Crippen molar-refractivity contribution in [1.82, 2.24) is 0 Å². The molecule has 0 unspecified atom stereocenters. The summed E-state index contributed by atoms with van der Waals surface area (Å²) < 4.78 is 21.3. The topological polar surface area (TPSA) is 99.1 Å². The van der Waals surface area contributed by atoms with E-state index in [-0.39, 0.29) is 12.2 Å². The number of carbonyl (C=O) groups excluding carboxylic acids is 1. The number of carbonyl (C=O) groups is 1. The number of hydrogen-bond donors (Lipinski definition) is 1. The van der Waals surface area contributed by atoms with Gasteiger partial charge in [-0.1, -0.05) is 12.1 Å². The Balaban J connectivity index is 1.93. The first-order valence-electron chi connectivity index (χ1n) is 8.75. The van der Waals surface area contributed by atoms with E-state index in [9.17, 15) is 14.7 Å². The molecule has 29 heavy (non-hydrogen) atoms. The lowest BCUT2D eigenvalue weighted by Crippen LogP contribution is -2.13. The number of benzene rings is 1. The summed E-state index contributed by atoms with van der Waals surface area (Å²) in [5.74, 6) is -0.147. The maximum absolute atomic E-state index is 12.3. The van der Waals surface area contributed by atoms with Gasteiger partial charge in [-0.25, -0.2) is 0 Å². The van der Waals surface area contributed by atoms with Crippen LogP contribution in [0.5, 0.6) is 11.5 Å². The van der Waals surface area contributed by atoms with Gasteiger partial charge < -0.3 is 23.4 Å². The molecule has 0 amide bonds. The number of hydrogen-bond acceptors (Lipinski definition) is 8. The summed E-state index contributed by atoms with van der Waals surface area (Å²) in [5, 5.41) is 10.3. The molecule has 0 saturated carbocycles. The van der Waals surface area contributed by atoms with Crippen molar-refractivity contribution in [3.8, 4) is 11.5 Å². The number of para-hydroxylation sites is 1. The van der Waals surface area contributed by atoms with Crippen LogP contribution in [0.1, 0.15) is 29.6 Å². The Morgan fingerprint density at radius 2 is 2.00 bits per heavy atom. The number of esters is 1. The van der Waals surface area contributed by atoms with Gasteiger partial charge in [0.05, 0.1) is 38.6 Å². The minimum atomic E-state index is -0.790. The highest BCUT2D eigenvalue weighted by molar-refractivity contribution is 7.98. The zero-order valence-corrected chi connectivity index (χ0v) is 16.7. The molecule has 0 bridgehead atoms. The van der Waals surface area contributed by atoms with Gasteiger partial charge in [-0.3, -0.25) is 9.59 Å². The van der Waals surface area contributed by atoms with Crippen molar-refractivity contribution in [2.24, 2.45) is 0 Å². The van der Waals surface area contributed by atoms with Crippen LogP contribution in [-0.2, 0) is 15.3 Å². The fourth-order valence-electron chi connectivity index (χ4n) is 2.81. The van der Waals surface area contributed by atoms with Crippen molar-refractivity contribution < 1.29 is 28.2 Å². The van der Waals surface area contributed by atoms with E-state index in [1.807, 2.05) is 24.3 Å². The Morgan fingerprint density at radius 3 is 2.69 bits per heavy atom. The van der Waals surface area contributed by atoms with Crippen molar-refractivity contribution in [3.63, 3.8) is 0 Å². The van der Waals surface area contributed by atoms with Crippen LogP contribution >= 0.6 is 11.8 Å². The van der Waals surface area contributed by atoms with Crippen LogP contribution in [0.2, 0.25) is 0 Å². The third-order valence-electron chi connectivity index (χ3n) is 4.24. The molecule has 1 atom stereocenters. The number of methoxy groups -OCH3 is 2. The quantitative estimate of drug-likeness (QED) is 0.436. The van der Waals surface area contributed by atoms with E-state index in [4.69, 9.17) is 18.3 Å². The molecule has 2 aromatic heterocycles. The maximum atomic E-state index is 12.3. The Bertz CT molecular complexity index is 1020. The predicted octanol–water partition coefficient (Wildman–Crippen LogP) is 3.93. The molecule has 0 aliphatic rings. The summed E-state index contributed by atoms with van der Waals surface area (Å²) in [5.41, 5.74) is -0.594. The maximum Gasteiger partial charge on any atom is 0.306 e. The van der Waals surface area contributed by atoms with E-state index in [1.54, 1.807) is 19.2 Å². The summed E-state index contributed by atoms with van der Waals surface area (Å²) in [7, 11) is 2.84. The molecule has 7 nitrogen and oxygen atoms in total. The first-order valence-corrected chi connectivity index (χ1v) is 9.74. The highest BCUT2D eigenvalue weighted by atomic mass is 32.2. The Hall–Kier alpha value is -3.13. The average molecular weight is 416 g/mol. The van der Waals surface area contributed by atoms with Gasteiger partial charge in [-0.2, -0.15) is 0 Å². The first-order chi connectivity index (χ1) is 14.0. The molecule has 0 radical (unpaired) electrons. The number of ether oxygens (including phenoxy) is 2. The molecule has 0 saturated heterocycles. The summed E-state index contributed by atoms with van der Waals surface area (Å²) in [6.07, 6.45) is 1.29. The lowest BCUT2D eigenvalue weighted by atomic mass is 9.98. The fraction of sp³-hybridized carbons (Fsp3) is 0.238. The fourth-order valence-corrected chi connectivity index (χ4v) is 3.72. The van der Waals surface area contributed by atoms with Gasteiger partial charge in [-0.15, -0.1) is 11.8 Å². The van der Waals surface area contributed by atoms with Crippen molar-refractivity contribution in [1.29, 1.82) is 0 Å². The second-order valence-corrected chi connectivity index (χ2v) is 7.09. The summed E-state index contributed by atoms with van der Waals surface area (Å²) in [4.78, 5) is 25.1. The molecule has 0 spiro atoms. The number of rotatable bonds is 8. The number of thioether (sulfide) groups is 1. The van der Waals surface area contributed by atoms with Gasteiger partial charge in [0.25, 0.3) is 0 Å². The van der Waals surface area contributed by atoms with Crippen LogP contribution in [0.3, 0.4) is 0 Å². The Kier molecular flexibility index (Phi) is 6.66. The predicted molar refractivity (Wildman–Crippen MR) is 106 cm³/mol. The van der Waals surface area contributed by atoms with Gasteiger partial charge in [0.1, 0.15) is 17.3 Å². The SMILES string of the molecule is COC(=O)C[C@H](c1ccco1)c1oc(CSc2ccccc2OC)cc(=O)c1O. The summed E-state index contributed by atoms with van der Waals surface area (Å²) >= 11 is 1.42. The van der Waals surface area contributed by atoms with Gasteiger partial charge in [-0.05, 0) is 24.3 Å². The average Bonchev–Trinajstić information content (AvgIpc) is 3.27. The Morgan fingerprint density at radius 1 is 1.21 bits per heavy atom.